The highest BCUT2D eigenvalue weighted by atomic mass is 32.2. The van der Waals surface area contributed by atoms with Crippen molar-refractivity contribution in [3.05, 3.63) is 36.6 Å². The maximum Gasteiger partial charge on any atom is 0.563 e. The topological polar surface area (TPSA) is 55.8 Å². The van der Waals surface area contributed by atoms with Gasteiger partial charge < -0.3 is 9.31 Å². The molecule has 0 radical (unpaired) electrons. The first kappa shape index (κ1) is 14.9. The number of hydrogen-bond donors (Lipinski definition) is 0. The SMILES string of the molecule is C=C1OB(c2ccc(N(C)S(C)(=O)=O)cc2)OC1(C)C. The van der Waals surface area contributed by atoms with Crippen molar-refractivity contribution < 1.29 is 17.7 Å². The molecule has 0 saturated carbocycles. The van der Waals surface area contributed by atoms with Crippen LogP contribution in [-0.4, -0.2) is 34.4 Å². The van der Waals surface area contributed by atoms with E-state index in [0.29, 0.717) is 11.4 Å². The third-order valence-corrected chi connectivity index (χ3v) is 4.55. The molecule has 0 amide bonds. The number of hydrogen-bond acceptors (Lipinski definition) is 4. The van der Waals surface area contributed by atoms with E-state index < -0.39 is 22.7 Å². The summed E-state index contributed by atoms with van der Waals surface area (Å²) < 4.78 is 35.5. The van der Waals surface area contributed by atoms with Crippen molar-refractivity contribution in [1.82, 2.24) is 0 Å². The molecule has 1 heterocycles. The third kappa shape index (κ3) is 2.83. The van der Waals surface area contributed by atoms with Gasteiger partial charge in [-0.1, -0.05) is 18.7 Å². The molecule has 1 saturated heterocycles. The van der Waals surface area contributed by atoms with Gasteiger partial charge >= 0.3 is 7.12 Å². The van der Waals surface area contributed by atoms with E-state index >= 15 is 0 Å². The second-order valence-corrected chi connectivity index (χ2v) is 7.34. The zero-order valence-electron chi connectivity index (χ0n) is 12.1. The van der Waals surface area contributed by atoms with Crippen molar-refractivity contribution >= 4 is 28.3 Å². The Kier molecular flexibility index (Phi) is 3.60. The van der Waals surface area contributed by atoms with Crippen LogP contribution in [0, 0.1) is 0 Å². The van der Waals surface area contributed by atoms with E-state index in [0.717, 1.165) is 11.7 Å². The molecule has 1 aromatic carbocycles. The molecule has 1 aliphatic heterocycles. The number of nitrogens with zero attached hydrogens (tertiary/aromatic N) is 1. The highest BCUT2D eigenvalue weighted by molar-refractivity contribution is 7.92. The fourth-order valence-corrected chi connectivity index (χ4v) is 2.30. The first-order valence-electron chi connectivity index (χ1n) is 6.19. The minimum atomic E-state index is -3.26. The van der Waals surface area contributed by atoms with Crippen LogP contribution in [0.5, 0.6) is 0 Å². The zero-order chi connectivity index (χ0) is 15.1. The number of rotatable bonds is 3. The molecular formula is C13H18BNO4S. The second kappa shape index (κ2) is 4.82. The Bertz CT molecular complexity index is 624. The Labute approximate surface area is 120 Å². The first-order valence-corrected chi connectivity index (χ1v) is 8.04. The molecule has 5 nitrogen and oxygen atoms in total. The maximum absolute atomic E-state index is 11.5. The van der Waals surface area contributed by atoms with E-state index in [9.17, 15) is 8.42 Å². The van der Waals surface area contributed by atoms with Gasteiger partial charge in [0.05, 0.1) is 17.7 Å². The Balaban J connectivity index is 2.20. The Morgan fingerprint density at radius 3 is 2.20 bits per heavy atom. The normalized spacial score (nSPS) is 18.0. The molecule has 0 spiro atoms. The lowest BCUT2D eigenvalue weighted by atomic mass is 9.79. The molecule has 0 aliphatic carbocycles. The lowest BCUT2D eigenvalue weighted by Crippen LogP contribution is -2.34. The van der Waals surface area contributed by atoms with E-state index in [2.05, 4.69) is 6.58 Å². The summed E-state index contributed by atoms with van der Waals surface area (Å²) in [7, 11) is -2.25. The van der Waals surface area contributed by atoms with Gasteiger partial charge in [-0.15, -0.1) is 0 Å². The highest BCUT2D eigenvalue weighted by Crippen LogP contribution is 2.29. The Morgan fingerprint density at radius 1 is 1.25 bits per heavy atom. The summed E-state index contributed by atoms with van der Waals surface area (Å²) in [5.41, 5.74) is 0.891. The van der Waals surface area contributed by atoms with Crippen molar-refractivity contribution in [3.63, 3.8) is 0 Å². The Hall–Kier alpha value is -1.47. The van der Waals surface area contributed by atoms with Crippen molar-refractivity contribution in [2.45, 2.75) is 19.4 Å². The number of sulfonamides is 1. The molecule has 0 bridgehead atoms. The largest absolute Gasteiger partial charge is 0.563 e. The maximum atomic E-state index is 11.5. The lowest BCUT2D eigenvalue weighted by molar-refractivity contribution is 0.173. The molecule has 0 aromatic heterocycles. The van der Waals surface area contributed by atoms with Crippen molar-refractivity contribution in [2.75, 3.05) is 17.6 Å². The number of benzene rings is 1. The van der Waals surface area contributed by atoms with Crippen LogP contribution in [0.2, 0.25) is 0 Å². The molecule has 2 rings (SSSR count). The molecule has 1 aliphatic rings. The number of anilines is 1. The van der Waals surface area contributed by atoms with Crippen LogP contribution in [0.15, 0.2) is 36.6 Å². The summed E-state index contributed by atoms with van der Waals surface area (Å²) >= 11 is 0. The van der Waals surface area contributed by atoms with Gasteiger partial charge in [0.15, 0.2) is 0 Å². The van der Waals surface area contributed by atoms with Crippen LogP contribution in [0.25, 0.3) is 0 Å². The summed E-state index contributed by atoms with van der Waals surface area (Å²) in [6, 6.07) is 7.01. The molecule has 0 unspecified atom stereocenters. The smallest absolute Gasteiger partial charge is 0.534 e. The van der Waals surface area contributed by atoms with Gasteiger partial charge in [0.1, 0.15) is 5.60 Å². The van der Waals surface area contributed by atoms with Crippen molar-refractivity contribution in [1.29, 1.82) is 0 Å². The van der Waals surface area contributed by atoms with E-state index in [-0.39, 0.29) is 0 Å². The lowest BCUT2D eigenvalue weighted by Gasteiger charge is -2.17. The zero-order valence-corrected chi connectivity index (χ0v) is 12.9. The minimum absolute atomic E-state index is 0.505. The standard InChI is InChI=1S/C13H18BNO4S/c1-10-13(2,3)19-14(18-10)11-6-8-12(9-7-11)15(4)20(5,16)17/h6-9H,1H2,2-5H3. The molecule has 1 aromatic rings. The van der Waals surface area contributed by atoms with Gasteiger partial charge in [-0.25, -0.2) is 8.42 Å². The fraction of sp³-hybridized carbons (Fsp3) is 0.385. The van der Waals surface area contributed by atoms with Gasteiger partial charge in [0.25, 0.3) is 0 Å². The van der Waals surface area contributed by atoms with E-state index in [1.54, 1.807) is 24.3 Å². The highest BCUT2D eigenvalue weighted by Gasteiger charge is 2.42. The molecule has 0 N–H and O–H groups in total. The summed E-state index contributed by atoms with van der Waals surface area (Å²) in [6.45, 7) is 7.61. The van der Waals surface area contributed by atoms with Crippen LogP contribution < -0.4 is 9.77 Å². The van der Waals surface area contributed by atoms with Crippen LogP contribution in [-0.2, 0) is 19.3 Å². The molecular weight excluding hydrogens is 277 g/mol. The van der Waals surface area contributed by atoms with Gasteiger partial charge in [0, 0.05) is 7.05 Å². The summed E-state index contributed by atoms with van der Waals surface area (Å²) in [5.74, 6) is 0.583. The van der Waals surface area contributed by atoms with Gasteiger partial charge in [0.2, 0.25) is 10.0 Å². The molecule has 0 atom stereocenters. The minimum Gasteiger partial charge on any atom is -0.534 e. The quantitative estimate of drug-likeness (QED) is 0.784. The van der Waals surface area contributed by atoms with Gasteiger partial charge in [-0.2, -0.15) is 0 Å². The van der Waals surface area contributed by atoms with Crippen LogP contribution in [0.3, 0.4) is 0 Å². The van der Waals surface area contributed by atoms with Gasteiger partial charge in [-0.3, -0.25) is 4.31 Å². The molecule has 108 valence electrons. The van der Waals surface area contributed by atoms with Gasteiger partial charge in [-0.05, 0) is 31.4 Å². The van der Waals surface area contributed by atoms with Crippen LogP contribution in [0.4, 0.5) is 5.69 Å². The van der Waals surface area contributed by atoms with E-state index in [1.807, 2.05) is 13.8 Å². The monoisotopic (exact) mass is 295 g/mol. The van der Waals surface area contributed by atoms with E-state index in [1.165, 1.54) is 11.4 Å². The second-order valence-electron chi connectivity index (χ2n) is 5.32. The summed E-state index contributed by atoms with van der Waals surface area (Å²) in [6.07, 6.45) is 1.16. The average molecular weight is 295 g/mol. The third-order valence-electron chi connectivity index (χ3n) is 3.35. The Morgan fingerprint density at radius 2 is 1.80 bits per heavy atom. The van der Waals surface area contributed by atoms with E-state index in [4.69, 9.17) is 9.31 Å². The fourth-order valence-electron chi connectivity index (χ4n) is 1.80. The van der Waals surface area contributed by atoms with Crippen molar-refractivity contribution in [3.8, 4) is 0 Å². The first-order chi connectivity index (χ1) is 9.11. The molecule has 7 heteroatoms. The summed E-state index contributed by atoms with van der Waals surface area (Å²) in [4.78, 5) is 0. The molecule has 20 heavy (non-hydrogen) atoms. The van der Waals surface area contributed by atoms with Crippen LogP contribution >= 0.6 is 0 Å². The predicted molar refractivity (Wildman–Crippen MR) is 80.5 cm³/mol. The average Bonchev–Trinajstić information content (AvgIpc) is 2.62. The van der Waals surface area contributed by atoms with Crippen molar-refractivity contribution in [2.24, 2.45) is 0 Å². The van der Waals surface area contributed by atoms with Crippen LogP contribution in [0.1, 0.15) is 13.8 Å². The molecule has 1 fully saturated rings. The summed E-state index contributed by atoms with van der Waals surface area (Å²) in [5, 5.41) is 0. The predicted octanol–water partition coefficient (Wildman–Crippen LogP) is 1.12.